The zero-order chi connectivity index (χ0) is 8.10. The third kappa shape index (κ3) is 3.18. The Morgan fingerprint density at radius 3 is 2.36 bits per heavy atom. The van der Waals surface area contributed by atoms with E-state index in [9.17, 15) is 0 Å². The fraction of sp³-hybridized carbons (Fsp3) is 1.00. The predicted molar refractivity (Wildman–Crippen MR) is 47.3 cm³/mol. The quantitative estimate of drug-likeness (QED) is 0.532. The summed E-state index contributed by atoms with van der Waals surface area (Å²) in [5.74, 6) is 0. The van der Waals surface area contributed by atoms with Crippen molar-refractivity contribution in [3.05, 3.63) is 0 Å². The van der Waals surface area contributed by atoms with E-state index < -0.39 is 0 Å². The van der Waals surface area contributed by atoms with Crippen molar-refractivity contribution in [2.75, 3.05) is 13.1 Å². The Balaban J connectivity index is 2.07. The molecule has 0 unspecified atom stereocenters. The summed E-state index contributed by atoms with van der Waals surface area (Å²) < 4.78 is 0. The molecule has 0 spiro atoms. The van der Waals surface area contributed by atoms with E-state index in [1.807, 2.05) is 0 Å². The number of nitrogens with one attached hydrogen (secondary N) is 1. The van der Waals surface area contributed by atoms with Gasteiger partial charge < -0.3 is 16.8 Å². The van der Waals surface area contributed by atoms with Crippen molar-refractivity contribution < 1.29 is 0 Å². The van der Waals surface area contributed by atoms with Crippen molar-refractivity contribution in [3.63, 3.8) is 0 Å². The van der Waals surface area contributed by atoms with E-state index in [0.29, 0.717) is 12.1 Å². The smallest absolute Gasteiger partial charge is 0.00770 e. The average Bonchev–Trinajstić information content (AvgIpc) is 2.04. The van der Waals surface area contributed by atoms with Crippen LogP contribution >= 0.6 is 0 Å². The van der Waals surface area contributed by atoms with Gasteiger partial charge in [0, 0.05) is 25.2 Å². The second kappa shape index (κ2) is 4.70. The summed E-state index contributed by atoms with van der Waals surface area (Å²) in [6.07, 6.45) is 4.78. The molecular weight excluding hydrogens is 138 g/mol. The first kappa shape index (κ1) is 8.97. The normalized spacial score (nSPS) is 32.2. The molecule has 1 rings (SSSR count). The zero-order valence-corrected chi connectivity index (χ0v) is 7.05. The molecule has 1 aliphatic carbocycles. The van der Waals surface area contributed by atoms with E-state index in [0.717, 1.165) is 13.1 Å². The third-order valence-corrected chi connectivity index (χ3v) is 2.35. The number of nitrogens with two attached hydrogens (primary N) is 2. The molecule has 66 valence electrons. The van der Waals surface area contributed by atoms with Crippen molar-refractivity contribution >= 4 is 0 Å². The van der Waals surface area contributed by atoms with Crippen LogP contribution in [0, 0.1) is 0 Å². The highest BCUT2D eigenvalue weighted by Gasteiger charge is 2.16. The van der Waals surface area contributed by atoms with Crippen LogP contribution in [0.3, 0.4) is 0 Å². The van der Waals surface area contributed by atoms with Crippen LogP contribution in [0.5, 0.6) is 0 Å². The van der Waals surface area contributed by atoms with Gasteiger partial charge >= 0.3 is 0 Å². The molecule has 0 aromatic rings. The molecular formula is C8H19N3. The van der Waals surface area contributed by atoms with Crippen LogP contribution in [-0.2, 0) is 0 Å². The van der Waals surface area contributed by atoms with Crippen LogP contribution in [0.2, 0.25) is 0 Å². The Morgan fingerprint density at radius 1 is 1.18 bits per heavy atom. The molecule has 0 bridgehead atoms. The lowest BCUT2D eigenvalue weighted by Gasteiger charge is -2.26. The van der Waals surface area contributed by atoms with Gasteiger partial charge in [0.2, 0.25) is 0 Å². The fourth-order valence-electron chi connectivity index (χ4n) is 1.61. The summed E-state index contributed by atoms with van der Waals surface area (Å²) in [7, 11) is 0. The van der Waals surface area contributed by atoms with Crippen LogP contribution < -0.4 is 16.8 Å². The molecule has 0 aromatic carbocycles. The predicted octanol–water partition coefficient (Wildman–Crippen LogP) is -0.195. The summed E-state index contributed by atoms with van der Waals surface area (Å²) in [5.41, 5.74) is 11.2. The van der Waals surface area contributed by atoms with Crippen molar-refractivity contribution in [1.82, 2.24) is 5.32 Å². The molecule has 0 heterocycles. The topological polar surface area (TPSA) is 64.1 Å². The molecule has 11 heavy (non-hydrogen) atoms. The molecule has 0 aliphatic heterocycles. The van der Waals surface area contributed by atoms with Crippen LogP contribution in [0.25, 0.3) is 0 Å². The largest absolute Gasteiger partial charge is 0.329 e. The fourth-order valence-corrected chi connectivity index (χ4v) is 1.61. The molecule has 1 fully saturated rings. The van der Waals surface area contributed by atoms with Gasteiger partial charge in [0.1, 0.15) is 0 Å². The molecule has 0 amide bonds. The Hall–Kier alpha value is -0.120. The minimum absolute atomic E-state index is 0.450. The summed E-state index contributed by atoms with van der Waals surface area (Å²) >= 11 is 0. The van der Waals surface area contributed by atoms with Gasteiger partial charge in [0.05, 0.1) is 0 Å². The second-order valence-electron chi connectivity index (χ2n) is 3.35. The van der Waals surface area contributed by atoms with Gasteiger partial charge in [-0.1, -0.05) is 0 Å². The first-order valence-electron chi connectivity index (χ1n) is 4.52. The van der Waals surface area contributed by atoms with Crippen LogP contribution in [0.4, 0.5) is 0 Å². The summed E-state index contributed by atoms with van der Waals surface area (Å²) in [6.45, 7) is 1.68. The lowest BCUT2D eigenvalue weighted by Crippen LogP contribution is -2.39. The maximum Gasteiger partial charge on any atom is 0.00770 e. The average molecular weight is 157 g/mol. The highest BCUT2D eigenvalue weighted by molar-refractivity contribution is 4.78. The van der Waals surface area contributed by atoms with Gasteiger partial charge in [0.15, 0.2) is 0 Å². The standard InChI is InChI=1S/C8H19N3/c9-5-6-11-8-3-1-7(10)2-4-8/h7-8,11H,1-6,9-10H2/t7-,8-. The lowest BCUT2D eigenvalue weighted by atomic mass is 9.92. The summed E-state index contributed by atoms with van der Waals surface area (Å²) in [5, 5.41) is 3.41. The molecule has 0 radical (unpaired) electrons. The van der Waals surface area contributed by atoms with Crippen molar-refractivity contribution in [2.45, 2.75) is 37.8 Å². The minimum Gasteiger partial charge on any atom is -0.329 e. The molecule has 3 nitrogen and oxygen atoms in total. The second-order valence-corrected chi connectivity index (χ2v) is 3.35. The highest BCUT2D eigenvalue weighted by Crippen LogP contribution is 2.16. The number of rotatable bonds is 3. The van der Waals surface area contributed by atoms with E-state index in [-0.39, 0.29) is 0 Å². The van der Waals surface area contributed by atoms with Gasteiger partial charge in [0.25, 0.3) is 0 Å². The Bertz CT molecular complexity index is 94.8. The van der Waals surface area contributed by atoms with Gasteiger partial charge in [-0.3, -0.25) is 0 Å². The zero-order valence-electron chi connectivity index (χ0n) is 7.05. The highest BCUT2D eigenvalue weighted by atomic mass is 14.9. The first-order chi connectivity index (χ1) is 5.33. The Morgan fingerprint density at radius 2 is 1.82 bits per heavy atom. The van der Waals surface area contributed by atoms with Crippen molar-refractivity contribution in [3.8, 4) is 0 Å². The number of hydrogen-bond acceptors (Lipinski definition) is 3. The summed E-state index contributed by atoms with van der Waals surface area (Å²) in [4.78, 5) is 0. The molecule has 1 aliphatic rings. The maximum atomic E-state index is 5.77. The number of hydrogen-bond donors (Lipinski definition) is 3. The van der Waals surface area contributed by atoms with E-state index in [2.05, 4.69) is 5.32 Å². The van der Waals surface area contributed by atoms with E-state index in [1.165, 1.54) is 25.7 Å². The minimum atomic E-state index is 0.450. The van der Waals surface area contributed by atoms with E-state index >= 15 is 0 Å². The Labute approximate surface area is 68.5 Å². The molecule has 1 saturated carbocycles. The van der Waals surface area contributed by atoms with Crippen molar-refractivity contribution in [1.29, 1.82) is 0 Å². The van der Waals surface area contributed by atoms with Crippen molar-refractivity contribution in [2.24, 2.45) is 11.5 Å². The van der Waals surface area contributed by atoms with E-state index in [4.69, 9.17) is 11.5 Å². The summed E-state index contributed by atoms with van der Waals surface area (Å²) in [6, 6.07) is 1.13. The SMILES string of the molecule is NCCN[C@H]1CC[C@H](N)CC1. The monoisotopic (exact) mass is 157 g/mol. The van der Waals surface area contributed by atoms with Crippen LogP contribution in [0.15, 0.2) is 0 Å². The molecule has 5 N–H and O–H groups in total. The first-order valence-corrected chi connectivity index (χ1v) is 4.52. The third-order valence-electron chi connectivity index (χ3n) is 2.35. The Kier molecular flexibility index (Phi) is 3.83. The van der Waals surface area contributed by atoms with E-state index in [1.54, 1.807) is 0 Å². The lowest BCUT2D eigenvalue weighted by molar-refractivity contribution is 0.346. The molecule has 0 saturated heterocycles. The van der Waals surface area contributed by atoms with Gasteiger partial charge in [-0.25, -0.2) is 0 Å². The van der Waals surface area contributed by atoms with Gasteiger partial charge in [-0.15, -0.1) is 0 Å². The molecule has 3 heteroatoms. The van der Waals surface area contributed by atoms with Gasteiger partial charge in [-0.2, -0.15) is 0 Å². The van der Waals surface area contributed by atoms with Crippen LogP contribution in [0.1, 0.15) is 25.7 Å². The molecule has 0 aromatic heterocycles. The van der Waals surface area contributed by atoms with Crippen LogP contribution in [-0.4, -0.2) is 25.2 Å². The maximum absolute atomic E-state index is 5.77. The molecule has 0 atom stereocenters. The van der Waals surface area contributed by atoms with Gasteiger partial charge in [-0.05, 0) is 25.7 Å².